The molecule has 0 radical (unpaired) electrons. The van der Waals surface area contributed by atoms with Gasteiger partial charge < -0.3 is 9.94 Å². The number of hydrogen-bond acceptors (Lipinski definition) is 4. The van der Waals surface area contributed by atoms with Crippen LogP contribution in [-0.4, -0.2) is 23.0 Å². The molecule has 1 unspecified atom stereocenters. The predicted molar refractivity (Wildman–Crippen MR) is 106 cm³/mol. The van der Waals surface area contributed by atoms with Crippen molar-refractivity contribution in [1.29, 1.82) is 0 Å². The van der Waals surface area contributed by atoms with Crippen molar-refractivity contribution in [1.82, 2.24) is 0 Å². The van der Waals surface area contributed by atoms with E-state index in [1.165, 1.54) is 39.0 Å². The van der Waals surface area contributed by atoms with Crippen LogP contribution in [0, 0.1) is 34.5 Å². The van der Waals surface area contributed by atoms with Crippen molar-refractivity contribution in [2.45, 2.75) is 85.2 Å². The normalized spacial score (nSPS) is 46.7. The quantitative estimate of drug-likeness (QED) is 0.233. The molecule has 27 heavy (non-hydrogen) atoms. The second kappa shape index (κ2) is 6.63. The molecule has 1 N–H and O–H groups in total. The molecule has 0 amide bonds. The van der Waals surface area contributed by atoms with Crippen LogP contribution < -0.4 is 0 Å². The number of nitrogens with zero attached hydrogens (tertiary/aromatic N) is 1. The summed E-state index contributed by atoms with van der Waals surface area (Å²) in [6.45, 7) is 8.46. The first-order valence-electron chi connectivity index (χ1n) is 10.8. The maximum Gasteiger partial charge on any atom is 0.302 e. The summed E-state index contributed by atoms with van der Waals surface area (Å²) < 4.78 is 5.54. The summed E-state index contributed by atoms with van der Waals surface area (Å²) in [4.78, 5) is 11.4. The van der Waals surface area contributed by atoms with Gasteiger partial charge in [-0.15, -0.1) is 0 Å². The molecule has 0 aromatic rings. The smallest absolute Gasteiger partial charge is 0.302 e. The third-order valence-electron chi connectivity index (χ3n) is 9.05. The predicted octanol–water partition coefficient (Wildman–Crippen LogP) is 5.35. The van der Waals surface area contributed by atoms with Gasteiger partial charge in [0.25, 0.3) is 0 Å². The molecular formula is C23H35NO3. The molecule has 0 heterocycles. The van der Waals surface area contributed by atoms with Gasteiger partial charge in [0.1, 0.15) is 6.10 Å². The second-order valence-corrected chi connectivity index (χ2v) is 10.1. The molecule has 4 nitrogen and oxygen atoms in total. The van der Waals surface area contributed by atoms with Gasteiger partial charge in [-0.25, -0.2) is 0 Å². The van der Waals surface area contributed by atoms with Gasteiger partial charge in [0, 0.05) is 19.3 Å². The lowest BCUT2D eigenvalue weighted by atomic mass is 9.47. The Kier molecular flexibility index (Phi) is 4.67. The molecule has 0 aromatic heterocycles. The van der Waals surface area contributed by atoms with Gasteiger partial charge in [-0.2, -0.15) is 0 Å². The van der Waals surface area contributed by atoms with Gasteiger partial charge in [0.15, 0.2) is 0 Å². The van der Waals surface area contributed by atoms with E-state index in [1.54, 1.807) is 5.57 Å². The van der Waals surface area contributed by atoms with Crippen LogP contribution in [0.5, 0.6) is 0 Å². The molecule has 0 aromatic carbocycles. The molecule has 4 aliphatic carbocycles. The molecule has 0 aliphatic heterocycles. The Morgan fingerprint density at radius 2 is 1.93 bits per heavy atom. The van der Waals surface area contributed by atoms with E-state index < -0.39 is 0 Å². The minimum absolute atomic E-state index is 0.0755. The minimum atomic E-state index is -0.149. The van der Waals surface area contributed by atoms with Crippen molar-refractivity contribution in [3.8, 4) is 0 Å². The van der Waals surface area contributed by atoms with Crippen LogP contribution in [0.15, 0.2) is 16.8 Å². The Balaban J connectivity index is 1.58. The van der Waals surface area contributed by atoms with Gasteiger partial charge in [0.2, 0.25) is 0 Å². The van der Waals surface area contributed by atoms with Crippen LogP contribution in [0.3, 0.4) is 0 Å². The van der Waals surface area contributed by atoms with Gasteiger partial charge in [0.05, 0.1) is 5.71 Å². The molecular weight excluding hydrogens is 338 g/mol. The first-order chi connectivity index (χ1) is 12.8. The summed E-state index contributed by atoms with van der Waals surface area (Å²) in [6, 6.07) is 0. The summed E-state index contributed by atoms with van der Waals surface area (Å²) in [7, 11) is 0. The van der Waals surface area contributed by atoms with Crippen molar-refractivity contribution in [2.75, 3.05) is 0 Å². The standard InChI is InChI=1S/C23H35NO3/c1-14(24-26)19-7-8-20-18-6-5-16-13-17(27-15(2)25)9-11-22(16,3)21(18)10-12-23(19,20)4/h5,17-21,26H,6-13H2,1-4H3/t17?,18-,19+,20-,21-,22-,23+/m0/s1. The van der Waals surface area contributed by atoms with E-state index in [0.29, 0.717) is 5.92 Å². The monoisotopic (exact) mass is 373 g/mol. The highest BCUT2D eigenvalue weighted by Crippen LogP contribution is 2.66. The Morgan fingerprint density at radius 3 is 2.63 bits per heavy atom. The second-order valence-electron chi connectivity index (χ2n) is 10.1. The van der Waals surface area contributed by atoms with E-state index in [0.717, 1.165) is 42.7 Å². The van der Waals surface area contributed by atoms with Crippen molar-refractivity contribution in [3.63, 3.8) is 0 Å². The first kappa shape index (κ1) is 19.0. The van der Waals surface area contributed by atoms with Crippen molar-refractivity contribution in [2.24, 2.45) is 39.7 Å². The van der Waals surface area contributed by atoms with Crippen LogP contribution in [0.1, 0.15) is 79.1 Å². The molecule has 0 spiro atoms. The van der Waals surface area contributed by atoms with E-state index in [-0.39, 0.29) is 22.9 Å². The summed E-state index contributed by atoms with van der Waals surface area (Å²) in [5.74, 6) is 2.52. The Morgan fingerprint density at radius 1 is 1.15 bits per heavy atom. The fraction of sp³-hybridized carbons (Fsp3) is 0.826. The van der Waals surface area contributed by atoms with Gasteiger partial charge in [-0.1, -0.05) is 30.7 Å². The van der Waals surface area contributed by atoms with E-state index in [9.17, 15) is 10.0 Å². The van der Waals surface area contributed by atoms with E-state index in [2.05, 4.69) is 25.1 Å². The summed E-state index contributed by atoms with van der Waals surface area (Å²) >= 11 is 0. The number of carbonyl (C=O) groups excluding carboxylic acids is 1. The van der Waals surface area contributed by atoms with Gasteiger partial charge in [-0.05, 0) is 80.5 Å². The van der Waals surface area contributed by atoms with Gasteiger partial charge >= 0.3 is 5.97 Å². The molecule has 150 valence electrons. The zero-order chi connectivity index (χ0) is 19.4. The number of hydrogen-bond donors (Lipinski definition) is 1. The molecule has 7 atom stereocenters. The van der Waals surface area contributed by atoms with Crippen LogP contribution in [-0.2, 0) is 9.53 Å². The van der Waals surface area contributed by atoms with Crippen LogP contribution >= 0.6 is 0 Å². The molecule has 0 saturated heterocycles. The van der Waals surface area contributed by atoms with E-state index in [4.69, 9.17) is 4.74 Å². The average molecular weight is 374 g/mol. The molecule has 4 heteroatoms. The summed E-state index contributed by atoms with van der Waals surface area (Å²) in [5, 5.41) is 12.9. The zero-order valence-corrected chi connectivity index (χ0v) is 17.3. The molecule has 3 saturated carbocycles. The SMILES string of the molecule is CC(=O)OC1CC[C@@]2(C)C(=CC[C@H]3[C@@H]4CC[C@H](C(C)=NO)[C@@]4(C)CC[C@@H]32)C1. The lowest BCUT2D eigenvalue weighted by Gasteiger charge is -2.58. The first-order valence-corrected chi connectivity index (χ1v) is 10.8. The van der Waals surface area contributed by atoms with Crippen LogP contribution in [0.4, 0.5) is 0 Å². The van der Waals surface area contributed by atoms with Crippen molar-refractivity contribution < 1.29 is 14.7 Å². The molecule has 4 rings (SSSR count). The summed E-state index contributed by atoms with van der Waals surface area (Å²) in [5.41, 5.74) is 3.04. The highest BCUT2D eigenvalue weighted by molar-refractivity contribution is 5.85. The number of oxime groups is 1. The zero-order valence-electron chi connectivity index (χ0n) is 17.3. The lowest BCUT2D eigenvalue weighted by molar-refractivity contribution is -0.148. The lowest BCUT2D eigenvalue weighted by Crippen LogP contribution is -2.51. The minimum Gasteiger partial charge on any atom is -0.462 e. The van der Waals surface area contributed by atoms with Crippen LogP contribution in [0.25, 0.3) is 0 Å². The number of carbonyl (C=O) groups is 1. The third kappa shape index (κ3) is 2.86. The fourth-order valence-corrected chi connectivity index (χ4v) is 7.72. The van der Waals surface area contributed by atoms with Crippen molar-refractivity contribution in [3.05, 3.63) is 11.6 Å². The Bertz CT molecular complexity index is 683. The number of rotatable bonds is 2. The highest BCUT2D eigenvalue weighted by atomic mass is 16.5. The number of fused-ring (bicyclic) bond motifs is 5. The average Bonchev–Trinajstić information content (AvgIpc) is 2.98. The maximum atomic E-state index is 11.4. The number of esters is 1. The maximum absolute atomic E-state index is 11.4. The molecule has 4 aliphatic rings. The molecule has 3 fully saturated rings. The molecule has 0 bridgehead atoms. The fourth-order valence-electron chi connectivity index (χ4n) is 7.72. The Hall–Kier alpha value is -1.32. The number of allylic oxidation sites excluding steroid dienone is 1. The summed E-state index contributed by atoms with van der Waals surface area (Å²) in [6.07, 6.45) is 11.8. The topological polar surface area (TPSA) is 58.9 Å². The Labute approximate surface area is 163 Å². The van der Waals surface area contributed by atoms with E-state index >= 15 is 0 Å². The third-order valence-corrected chi connectivity index (χ3v) is 9.05. The highest BCUT2D eigenvalue weighted by Gasteiger charge is 2.59. The van der Waals surface area contributed by atoms with Crippen molar-refractivity contribution >= 4 is 11.7 Å². The largest absolute Gasteiger partial charge is 0.462 e. The van der Waals surface area contributed by atoms with Gasteiger partial charge in [-0.3, -0.25) is 4.79 Å². The van der Waals surface area contributed by atoms with E-state index in [1.807, 2.05) is 6.92 Å². The number of ether oxygens (including phenoxy) is 1. The van der Waals surface area contributed by atoms with Crippen LogP contribution in [0.2, 0.25) is 0 Å².